The lowest BCUT2D eigenvalue weighted by atomic mass is 10.0. The van der Waals surface area contributed by atoms with Crippen LogP contribution in [0.25, 0.3) is 6.08 Å². The van der Waals surface area contributed by atoms with E-state index in [-0.39, 0.29) is 23.7 Å². The van der Waals surface area contributed by atoms with Crippen molar-refractivity contribution in [2.45, 2.75) is 13.5 Å². The Morgan fingerprint density at radius 2 is 1.82 bits per heavy atom. The van der Waals surface area contributed by atoms with Crippen LogP contribution in [-0.2, 0) is 16.2 Å². The Bertz CT molecular complexity index is 1310. The average molecular weight is 465 g/mol. The van der Waals surface area contributed by atoms with Gasteiger partial charge in [0, 0.05) is 10.6 Å². The smallest absolute Gasteiger partial charge is 0.335 e. The minimum absolute atomic E-state index is 0.0877. The predicted octanol–water partition coefficient (Wildman–Crippen LogP) is 5.03. The summed E-state index contributed by atoms with van der Waals surface area (Å²) >= 11 is 6.05. The van der Waals surface area contributed by atoms with Gasteiger partial charge in [0.25, 0.3) is 11.8 Å². The summed E-state index contributed by atoms with van der Waals surface area (Å²) in [4.78, 5) is 39.1. The van der Waals surface area contributed by atoms with Gasteiger partial charge in [-0.05, 0) is 54.5 Å². The van der Waals surface area contributed by atoms with E-state index in [2.05, 4.69) is 5.32 Å². The molecule has 1 heterocycles. The molecule has 0 spiro atoms. The normalized spacial score (nSPS) is 15.1. The summed E-state index contributed by atoms with van der Waals surface area (Å²) in [5.74, 6) is -1.59. The van der Waals surface area contributed by atoms with Crippen LogP contribution in [0.1, 0.15) is 16.7 Å². The van der Waals surface area contributed by atoms with Crippen molar-refractivity contribution in [1.82, 2.24) is 5.32 Å². The molecule has 3 aromatic carbocycles. The van der Waals surface area contributed by atoms with Crippen LogP contribution < -0.4 is 15.0 Å². The molecule has 0 aromatic heterocycles. The van der Waals surface area contributed by atoms with E-state index in [9.17, 15) is 18.8 Å². The van der Waals surface area contributed by atoms with Crippen molar-refractivity contribution in [3.05, 3.63) is 99.8 Å². The Labute approximate surface area is 194 Å². The molecule has 166 valence electrons. The Hall–Kier alpha value is -3.97. The minimum Gasteiger partial charge on any atom is -0.488 e. The molecule has 1 saturated heterocycles. The third-order valence-corrected chi connectivity index (χ3v) is 5.25. The molecule has 1 N–H and O–H groups in total. The summed E-state index contributed by atoms with van der Waals surface area (Å²) in [6.07, 6.45) is 1.36. The number of anilines is 1. The number of carbonyl (C=O) groups excluding carboxylic acids is 3. The van der Waals surface area contributed by atoms with Gasteiger partial charge in [0.1, 0.15) is 23.7 Å². The number of aryl methyl sites for hydroxylation is 1. The molecule has 0 aliphatic carbocycles. The first-order valence-electron chi connectivity index (χ1n) is 9.97. The molecule has 0 unspecified atom stereocenters. The highest BCUT2D eigenvalue weighted by Crippen LogP contribution is 2.29. The first-order chi connectivity index (χ1) is 15.8. The van der Waals surface area contributed by atoms with Crippen LogP contribution in [0.15, 0.2) is 72.3 Å². The standard InChI is InChI=1S/C25H18ClFN2O4/c1-15-9-10-18(26)13-21(15)29-24(31)20(23(30)28-25(29)32)12-17-6-2-3-8-22(17)33-14-16-5-4-7-19(27)11-16/h2-13H,14H2,1H3,(H,28,30,32)/b20-12+. The quantitative estimate of drug-likeness (QED) is 0.424. The van der Waals surface area contributed by atoms with Gasteiger partial charge in [-0.25, -0.2) is 14.1 Å². The van der Waals surface area contributed by atoms with Crippen LogP contribution in [0.2, 0.25) is 5.02 Å². The molecule has 6 nitrogen and oxygen atoms in total. The number of benzene rings is 3. The highest BCUT2D eigenvalue weighted by Gasteiger charge is 2.37. The second-order valence-electron chi connectivity index (χ2n) is 7.35. The summed E-state index contributed by atoms with van der Waals surface area (Å²) in [7, 11) is 0. The molecule has 3 aromatic rings. The van der Waals surface area contributed by atoms with Crippen LogP contribution in [0.5, 0.6) is 5.75 Å². The third-order valence-electron chi connectivity index (χ3n) is 5.02. The van der Waals surface area contributed by atoms with Crippen molar-refractivity contribution < 1.29 is 23.5 Å². The predicted molar refractivity (Wildman–Crippen MR) is 122 cm³/mol. The maximum atomic E-state index is 13.4. The zero-order valence-electron chi connectivity index (χ0n) is 17.5. The van der Waals surface area contributed by atoms with Crippen molar-refractivity contribution in [2.75, 3.05) is 4.90 Å². The third kappa shape index (κ3) is 4.78. The number of halogens is 2. The van der Waals surface area contributed by atoms with E-state index in [1.54, 1.807) is 55.5 Å². The van der Waals surface area contributed by atoms with Gasteiger partial charge in [-0.3, -0.25) is 14.9 Å². The Kier molecular flexibility index (Phi) is 6.24. The molecule has 0 atom stereocenters. The summed E-state index contributed by atoms with van der Waals surface area (Å²) in [5.41, 5.74) is 1.74. The minimum atomic E-state index is -0.858. The lowest BCUT2D eigenvalue weighted by molar-refractivity contribution is -0.122. The second kappa shape index (κ2) is 9.26. The van der Waals surface area contributed by atoms with Gasteiger partial charge in [-0.2, -0.15) is 0 Å². The second-order valence-corrected chi connectivity index (χ2v) is 7.78. The van der Waals surface area contributed by atoms with Gasteiger partial charge in [0.05, 0.1) is 5.69 Å². The van der Waals surface area contributed by atoms with E-state index in [0.717, 1.165) is 4.90 Å². The summed E-state index contributed by atoms with van der Waals surface area (Å²) in [6.45, 7) is 1.81. The molecule has 0 radical (unpaired) electrons. The van der Waals surface area contributed by atoms with Gasteiger partial charge in [-0.1, -0.05) is 48.0 Å². The van der Waals surface area contributed by atoms with E-state index in [0.29, 0.717) is 27.5 Å². The fraction of sp³-hybridized carbons (Fsp3) is 0.0800. The van der Waals surface area contributed by atoms with Crippen molar-refractivity contribution in [2.24, 2.45) is 0 Å². The van der Waals surface area contributed by atoms with Crippen LogP contribution in [0, 0.1) is 12.7 Å². The number of para-hydroxylation sites is 1. The molecular formula is C25H18ClFN2O4. The Morgan fingerprint density at radius 1 is 1.03 bits per heavy atom. The zero-order valence-corrected chi connectivity index (χ0v) is 18.2. The topological polar surface area (TPSA) is 75.7 Å². The highest BCUT2D eigenvalue weighted by molar-refractivity contribution is 6.39. The monoisotopic (exact) mass is 464 g/mol. The highest BCUT2D eigenvalue weighted by atomic mass is 35.5. The summed E-state index contributed by atoms with van der Waals surface area (Å²) < 4.78 is 19.2. The average Bonchev–Trinajstić information content (AvgIpc) is 2.78. The number of hydrogen-bond donors (Lipinski definition) is 1. The van der Waals surface area contributed by atoms with E-state index >= 15 is 0 Å². The van der Waals surface area contributed by atoms with Crippen molar-refractivity contribution >= 4 is 41.2 Å². The van der Waals surface area contributed by atoms with Crippen LogP contribution in [-0.4, -0.2) is 17.8 Å². The fourth-order valence-corrected chi connectivity index (χ4v) is 3.54. The molecule has 0 saturated carbocycles. The maximum absolute atomic E-state index is 13.4. The molecule has 4 rings (SSSR count). The molecule has 33 heavy (non-hydrogen) atoms. The van der Waals surface area contributed by atoms with E-state index in [4.69, 9.17) is 16.3 Å². The van der Waals surface area contributed by atoms with E-state index < -0.39 is 17.8 Å². The van der Waals surface area contributed by atoms with Crippen LogP contribution >= 0.6 is 11.6 Å². The number of barbiturate groups is 1. The van der Waals surface area contributed by atoms with Gasteiger partial charge in [-0.15, -0.1) is 0 Å². The molecule has 4 amide bonds. The lowest BCUT2D eigenvalue weighted by Gasteiger charge is -2.27. The van der Waals surface area contributed by atoms with Gasteiger partial charge < -0.3 is 4.74 Å². The fourth-order valence-electron chi connectivity index (χ4n) is 3.37. The van der Waals surface area contributed by atoms with Gasteiger partial charge in [0.2, 0.25) is 0 Å². The molecule has 1 aliphatic heterocycles. The van der Waals surface area contributed by atoms with E-state index in [1.165, 1.54) is 24.3 Å². The number of nitrogens with one attached hydrogen (secondary N) is 1. The van der Waals surface area contributed by atoms with Crippen LogP contribution in [0.3, 0.4) is 0 Å². The number of hydrogen-bond acceptors (Lipinski definition) is 4. The number of nitrogens with zero attached hydrogens (tertiary/aromatic N) is 1. The number of imide groups is 2. The summed E-state index contributed by atoms with van der Waals surface area (Å²) in [5, 5.41) is 2.53. The Balaban J connectivity index is 1.66. The van der Waals surface area contributed by atoms with Gasteiger partial charge in [0.15, 0.2) is 0 Å². The van der Waals surface area contributed by atoms with Crippen LogP contribution in [0.4, 0.5) is 14.9 Å². The first-order valence-corrected chi connectivity index (χ1v) is 10.3. The Morgan fingerprint density at radius 3 is 2.61 bits per heavy atom. The van der Waals surface area contributed by atoms with E-state index in [1.807, 2.05) is 0 Å². The number of carbonyl (C=O) groups is 3. The zero-order chi connectivity index (χ0) is 23.5. The largest absolute Gasteiger partial charge is 0.488 e. The molecule has 1 fully saturated rings. The number of amides is 4. The van der Waals surface area contributed by atoms with Crippen molar-refractivity contribution in [3.63, 3.8) is 0 Å². The number of ether oxygens (including phenoxy) is 1. The summed E-state index contributed by atoms with van der Waals surface area (Å²) in [6, 6.07) is 16.7. The SMILES string of the molecule is Cc1ccc(Cl)cc1N1C(=O)NC(=O)/C(=C\c2ccccc2OCc2cccc(F)c2)C1=O. The van der Waals surface area contributed by atoms with Gasteiger partial charge >= 0.3 is 6.03 Å². The maximum Gasteiger partial charge on any atom is 0.335 e. The first kappa shape index (κ1) is 22.2. The molecule has 1 aliphatic rings. The number of urea groups is 1. The molecule has 8 heteroatoms. The van der Waals surface area contributed by atoms with Crippen molar-refractivity contribution in [1.29, 1.82) is 0 Å². The molecular weight excluding hydrogens is 447 g/mol. The molecule has 0 bridgehead atoms. The van der Waals surface area contributed by atoms with Crippen molar-refractivity contribution in [3.8, 4) is 5.75 Å². The lowest BCUT2D eigenvalue weighted by Crippen LogP contribution is -2.54. The number of rotatable bonds is 5.